The molecule has 0 aliphatic heterocycles. The molecule has 0 rings (SSSR count). The Morgan fingerprint density at radius 2 is 1.40 bits per heavy atom. The van der Waals surface area contributed by atoms with E-state index >= 15 is 0 Å². The first kappa shape index (κ1) is 12.1. The van der Waals surface area contributed by atoms with E-state index in [2.05, 4.69) is 9.47 Å². The Morgan fingerprint density at radius 1 is 1.10 bits per heavy atom. The van der Waals surface area contributed by atoms with Crippen LogP contribution >= 0.6 is 0 Å². The SMILES string of the molecule is COC(=O)[CH-]C(=O)OC.[Li+]. The summed E-state index contributed by atoms with van der Waals surface area (Å²) < 4.78 is 8.25. The van der Waals surface area contributed by atoms with Gasteiger partial charge in [0, 0.05) is 0 Å². The van der Waals surface area contributed by atoms with E-state index in [4.69, 9.17) is 0 Å². The van der Waals surface area contributed by atoms with Gasteiger partial charge in [0.2, 0.25) is 0 Å². The van der Waals surface area contributed by atoms with Gasteiger partial charge < -0.3 is 9.47 Å². The first-order valence-electron chi connectivity index (χ1n) is 2.21. The van der Waals surface area contributed by atoms with Crippen molar-refractivity contribution in [3.8, 4) is 0 Å². The van der Waals surface area contributed by atoms with Gasteiger partial charge in [-0.2, -0.15) is 6.42 Å². The normalized spacial score (nSPS) is 7.00. The minimum absolute atomic E-state index is 0. The molecule has 5 heteroatoms. The fraction of sp³-hybridized carbons (Fsp3) is 0.400. The Kier molecular flexibility index (Phi) is 7.91. The summed E-state index contributed by atoms with van der Waals surface area (Å²) in [7, 11) is 2.36. The van der Waals surface area contributed by atoms with Gasteiger partial charge >= 0.3 is 18.9 Å². The van der Waals surface area contributed by atoms with Crippen LogP contribution in [0.25, 0.3) is 0 Å². The van der Waals surface area contributed by atoms with E-state index in [1.807, 2.05) is 0 Å². The zero-order chi connectivity index (χ0) is 7.28. The number of carbonyl (C=O) groups is 2. The topological polar surface area (TPSA) is 52.6 Å². The maximum absolute atomic E-state index is 10.2. The molecule has 0 saturated carbocycles. The number of methoxy groups -OCH3 is 2. The van der Waals surface area contributed by atoms with Gasteiger partial charge in [-0.25, -0.2) is 0 Å². The summed E-state index contributed by atoms with van der Waals surface area (Å²) in [6.45, 7) is 0. The number of ether oxygens (including phenoxy) is 2. The third kappa shape index (κ3) is 5.54. The molecule has 0 aromatic heterocycles. The van der Waals surface area contributed by atoms with Gasteiger partial charge in [0.05, 0.1) is 14.2 Å². The molecule has 0 aromatic carbocycles. The van der Waals surface area contributed by atoms with Crippen molar-refractivity contribution in [3.05, 3.63) is 6.42 Å². The Labute approximate surface area is 71.0 Å². The second-order valence-corrected chi connectivity index (χ2v) is 1.19. The van der Waals surface area contributed by atoms with E-state index in [9.17, 15) is 9.59 Å². The molecule has 0 radical (unpaired) electrons. The number of esters is 2. The number of carbonyl (C=O) groups excluding carboxylic acids is 2. The van der Waals surface area contributed by atoms with Gasteiger partial charge in [-0.1, -0.05) is 0 Å². The van der Waals surface area contributed by atoms with Crippen molar-refractivity contribution < 1.29 is 37.9 Å². The number of rotatable bonds is 2. The molecule has 0 amide bonds. The van der Waals surface area contributed by atoms with Gasteiger partial charge in [0.25, 0.3) is 0 Å². The third-order valence-electron chi connectivity index (χ3n) is 0.638. The summed E-state index contributed by atoms with van der Waals surface area (Å²) in [5, 5.41) is 0. The van der Waals surface area contributed by atoms with Crippen molar-refractivity contribution in [1.29, 1.82) is 0 Å². The molecule has 0 aliphatic carbocycles. The molecule has 4 nitrogen and oxygen atoms in total. The first-order chi connectivity index (χ1) is 4.20. The van der Waals surface area contributed by atoms with Crippen LogP contribution in [0.4, 0.5) is 0 Å². The van der Waals surface area contributed by atoms with Gasteiger partial charge in [0.1, 0.15) is 0 Å². The Bertz CT molecular complexity index is 109. The van der Waals surface area contributed by atoms with Crippen molar-refractivity contribution >= 4 is 11.9 Å². The van der Waals surface area contributed by atoms with Crippen molar-refractivity contribution in [2.24, 2.45) is 0 Å². The third-order valence-corrected chi connectivity index (χ3v) is 0.638. The fourth-order valence-corrected chi connectivity index (χ4v) is 0.214. The van der Waals surface area contributed by atoms with Crippen molar-refractivity contribution in [3.63, 3.8) is 0 Å². The van der Waals surface area contributed by atoms with E-state index in [0.717, 1.165) is 6.42 Å². The van der Waals surface area contributed by atoms with Crippen molar-refractivity contribution in [2.75, 3.05) is 14.2 Å². The zero-order valence-electron chi connectivity index (χ0n) is 6.21. The molecule has 0 heterocycles. The molecular weight excluding hydrogens is 131 g/mol. The molecular formula is C5H7LiO4. The summed E-state index contributed by atoms with van der Waals surface area (Å²) in [5.74, 6) is -1.41. The van der Waals surface area contributed by atoms with Crippen LogP contribution in [-0.4, -0.2) is 26.2 Å². The van der Waals surface area contributed by atoms with E-state index < -0.39 is 11.9 Å². The smallest absolute Gasteiger partial charge is 0.491 e. The first-order valence-corrected chi connectivity index (χ1v) is 2.21. The van der Waals surface area contributed by atoms with Crippen LogP contribution in [0.1, 0.15) is 0 Å². The monoisotopic (exact) mass is 138 g/mol. The summed E-state index contributed by atoms with van der Waals surface area (Å²) in [6, 6.07) is 0. The van der Waals surface area contributed by atoms with Crippen LogP contribution in [0.2, 0.25) is 0 Å². The van der Waals surface area contributed by atoms with Crippen LogP contribution in [0.15, 0.2) is 0 Å². The summed E-state index contributed by atoms with van der Waals surface area (Å²) in [4.78, 5) is 20.4. The van der Waals surface area contributed by atoms with Crippen LogP contribution in [-0.2, 0) is 19.1 Å². The van der Waals surface area contributed by atoms with Gasteiger partial charge in [-0.3, -0.25) is 9.59 Å². The molecule has 0 aromatic rings. The van der Waals surface area contributed by atoms with Crippen LogP contribution in [0.3, 0.4) is 0 Å². The minimum atomic E-state index is -0.707. The molecule has 0 atom stereocenters. The molecule has 0 N–H and O–H groups in total. The standard InChI is InChI=1S/C5H7O4.Li/c1-8-4(6)3-5(7)9-2;/h3H,1-2H3;/q-1;+1. The van der Waals surface area contributed by atoms with E-state index in [-0.39, 0.29) is 18.9 Å². The van der Waals surface area contributed by atoms with E-state index in [1.165, 1.54) is 14.2 Å². The quantitative estimate of drug-likeness (QED) is 0.172. The maximum atomic E-state index is 10.2. The fourth-order valence-electron chi connectivity index (χ4n) is 0.214. The Morgan fingerprint density at radius 3 is 1.60 bits per heavy atom. The molecule has 52 valence electrons. The predicted molar refractivity (Wildman–Crippen MR) is 28.3 cm³/mol. The van der Waals surface area contributed by atoms with Gasteiger partial charge in [-0.15, -0.1) is 0 Å². The molecule has 0 spiro atoms. The largest absolute Gasteiger partial charge is 1.00 e. The Balaban J connectivity index is 0. The molecule has 0 unspecified atom stereocenters. The Hall–Kier alpha value is -0.593. The maximum Gasteiger partial charge on any atom is 1.00 e. The van der Waals surface area contributed by atoms with Crippen LogP contribution in [0, 0.1) is 6.42 Å². The summed E-state index contributed by atoms with van der Waals surface area (Å²) in [6.07, 6.45) is 0.722. The van der Waals surface area contributed by atoms with Crippen molar-refractivity contribution in [2.45, 2.75) is 0 Å². The second kappa shape index (κ2) is 6.53. The minimum Gasteiger partial charge on any atom is -0.491 e. The molecule has 0 fully saturated rings. The van der Waals surface area contributed by atoms with Crippen LogP contribution < -0.4 is 18.9 Å². The van der Waals surface area contributed by atoms with Crippen LogP contribution in [0.5, 0.6) is 0 Å². The molecule has 0 saturated heterocycles. The van der Waals surface area contributed by atoms with E-state index in [0.29, 0.717) is 0 Å². The molecule has 10 heavy (non-hydrogen) atoms. The molecule has 0 bridgehead atoms. The molecule has 0 aliphatic rings. The zero-order valence-corrected chi connectivity index (χ0v) is 6.21. The van der Waals surface area contributed by atoms with Gasteiger partial charge in [-0.05, 0) is 0 Å². The second-order valence-electron chi connectivity index (χ2n) is 1.19. The van der Waals surface area contributed by atoms with Crippen molar-refractivity contribution in [1.82, 2.24) is 0 Å². The number of hydrogen-bond acceptors (Lipinski definition) is 4. The average molecular weight is 138 g/mol. The van der Waals surface area contributed by atoms with Gasteiger partial charge in [0.15, 0.2) is 11.9 Å². The summed E-state index contributed by atoms with van der Waals surface area (Å²) >= 11 is 0. The number of hydrogen-bond donors (Lipinski definition) is 0. The predicted octanol–water partition coefficient (Wildman–Crippen LogP) is -3.46. The van der Waals surface area contributed by atoms with E-state index in [1.54, 1.807) is 0 Å². The average Bonchev–Trinajstić information content (AvgIpc) is 1.87. The summed E-state index contributed by atoms with van der Waals surface area (Å²) in [5.41, 5.74) is 0.